The number of esters is 1. The number of unbranched alkanes of at least 4 members (excludes halogenated alkanes) is 14. The van der Waals surface area contributed by atoms with Gasteiger partial charge in [0.25, 0.3) is 0 Å². The molecule has 0 radical (unpaired) electrons. The van der Waals surface area contributed by atoms with E-state index in [0.29, 0.717) is 6.42 Å². The number of carbonyl (C=O) groups excluding carboxylic acids is 2. The number of ketones is 1. The molecule has 0 aromatic rings. The number of aliphatic hydroxyl groups excluding tert-OH is 1. The molecule has 0 saturated heterocycles. The Morgan fingerprint density at radius 3 is 1.76 bits per heavy atom. The van der Waals surface area contributed by atoms with Gasteiger partial charge in [0, 0.05) is 12.1 Å². The lowest BCUT2D eigenvalue weighted by Gasteiger charge is -2.36. The largest absolute Gasteiger partial charge is 0.511 e. The van der Waals surface area contributed by atoms with E-state index >= 15 is 0 Å². The maximum atomic E-state index is 12.6. The molecular weight excluding hydrogens is 414 g/mol. The van der Waals surface area contributed by atoms with Gasteiger partial charge in [-0.15, -0.1) is 0 Å². The highest BCUT2D eigenvalue weighted by molar-refractivity contribution is 6.22. The Bertz CT molecular complexity index is 650. The minimum absolute atomic E-state index is 0.0371. The summed E-state index contributed by atoms with van der Waals surface area (Å²) in [6.07, 6.45) is 19.8. The molecule has 0 spiro atoms. The number of methoxy groups -OCH3 is 1. The molecule has 1 atom stereocenters. The highest BCUT2D eigenvalue weighted by atomic mass is 16.5. The van der Waals surface area contributed by atoms with E-state index in [0.717, 1.165) is 19.3 Å². The van der Waals surface area contributed by atoms with Crippen LogP contribution in [0, 0.1) is 16.7 Å². The highest BCUT2D eigenvalue weighted by Gasteiger charge is 2.47. The van der Waals surface area contributed by atoms with Gasteiger partial charge < -0.3 is 15.3 Å². The number of rotatable bonds is 18. The van der Waals surface area contributed by atoms with Crippen molar-refractivity contribution in [2.75, 3.05) is 7.11 Å². The Morgan fingerprint density at radius 1 is 0.909 bits per heavy atom. The van der Waals surface area contributed by atoms with Crippen molar-refractivity contribution < 1.29 is 19.4 Å². The normalized spacial score (nSPS) is 17.9. The summed E-state index contributed by atoms with van der Waals surface area (Å²) in [5.74, 6) is -1.98. The second kappa shape index (κ2) is 16.1. The minimum atomic E-state index is -0.892. The average Bonchev–Trinajstić information content (AvgIpc) is 2.75. The maximum Gasteiger partial charge on any atom is 0.316 e. The molecule has 5 heteroatoms. The van der Waals surface area contributed by atoms with Crippen molar-refractivity contribution in [2.45, 2.75) is 130 Å². The Kier molecular flexibility index (Phi) is 14.3. The standard InChI is InChI=1S/C28H49NO4/c1-5-6-7-8-9-10-11-12-13-14-15-16-17-18-19-20-22(29)24-23(30)21-28(2,3)25(26(24)31)27(32)33-4/h25,29,31H,5-21H2,1-4H3/t25-/m0/s1. The number of hydrogen-bond donors (Lipinski definition) is 2. The molecule has 2 N–H and O–H groups in total. The van der Waals surface area contributed by atoms with E-state index in [1.807, 2.05) is 0 Å². The fourth-order valence-electron chi connectivity index (χ4n) is 4.93. The van der Waals surface area contributed by atoms with E-state index in [4.69, 9.17) is 10.1 Å². The van der Waals surface area contributed by atoms with Crippen LogP contribution in [0.3, 0.4) is 0 Å². The third kappa shape index (κ3) is 10.4. The molecule has 1 aliphatic carbocycles. The molecule has 0 amide bonds. The Labute approximate surface area is 202 Å². The summed E-state index contributed by atoms with van der Waals surface area (Å²) in [5.41, 5.74) is -0.529. The SMILES string of the molecule is CCCCCCCCCCCCCCCCCC(=N)C1=C(O)[C@@H](C(=O)OC)C(C)(C)CC1=O. The van der Waals surface area contributed by atoms with Crippen LogP contribution in [-0.2, 0) is 14.3 Å². The molecule has 0 fully saturated rings. The molecule has 5 nitrogen and oxygen atoms in total. The van der Waals surface area contributed by atoms with Crippen LogP contribution in [0.4, 0.5) is 0 Å². The van der Waals surface area contributed by atoms with Gasteiger partial charge in [-0.3, -0.25) is 9.59 Å². The fraction of sp³-hybridized carbons (Fsp3) is 0.821. The van der Waals surface area contributed by atoms with Crippen LogP contribution in [0.15, 0.2) is 11.3 Å². The number of nitrogens with one attached hydrogen (secondary N) is 1. The first kappa shape index (κ1) is 29.4. The molecule has 33 heavy (non-hydrogen) atoms. The van der Waals surface area contributed by atoms with Crippen LogP contribution in [-0.4, -0.2) is 29.7 Å². The molecule has 0 bridgehead atoms. The lowest BCUT2D eigenvalue weighted by Crippen LogP contribution is -2.41. The van der Waals surface area contributed by atoms with Crippen LogP contribution in [0.2, 0.25) is 0 Å². The molecule has 1 rings (SSSR count). The topological polar surface area (TPSA) is 87.4 Å². The van der Waals surface area contributed by atoms with Gasteiger partial charge in [0.2, 0.25) is 0 Å². The van der Waals surface area contributed by atoms with Crippen molar-refractivity contribution in [3.05, 3.63) is 11.3 Å². The van der Waals surface area contributed by atoms with Gasteiger partial charge in [0.1, 0.15) is 11.7 Å². The maximum absolute atomic E-state index is 12.6. The Balaban J connectivity index is 2.20. The van der Waals surface area contributed by atoms with E-state index in [9.17, 15) is 14.7 Å². The summed E-state index contributed by atoms with van der Waals surface area (Å²) >= 11 is 0. The van der Waals surface area contributed by atoms with Crippen molar-refractivity contribution in [2.24, 2.45) is 11.3 Å². The number of carbonyl (C=O) groups is 2. The predicted octanol–water partition coefficient (Wildman–Crippen LogP) is 7.87. The molecule has 0 aliphatic heterocycles. The first-order chi connectivity index (χ1) is 15.8. The molecule has 190 valence electrons. The van der Waals surface area contributed by atoms with Crippen LogP contribution in [0.5, 0.6) is 0 Å². The van der Waals surface area contributed by atoms with Gasteiger partial charge in [0.05, 0.1) is 12.7 Å². The molecule has 1 aliphatic rings. The minimum Gasteiger partial charge on any atom is -0.511 e. The third-order valence-corrected chi connectivity index (χ3v) is 6.98. The summed E-state index contributed by atoms with van der Waals surface area (Å²) in [6, 6.07) is 0. The van der Waals surface area contributed by atoms with Crippen LogP contribution in [0.1, 0.15) is 130 Å². The lowest BCUT2D eigenvalue weighted by atomic mass is 9.67. The highest BCUT2D eigenvalue weighted by Crippen LogP contribution is 2.42. The second-order valence-corrected chi connectivity index (χ2v) is 10.5. The summed E-state index contributed by atoms with van der Waals surface area (Å²) < 4.78 is 4.83. The van der Waals surface area contributed by atoms with Crippen molar-refractivity contribution in [1.82, 2.24) is 0 Å². The average molecular weight is 464 g/mol. The van der Waals surface area contributed by atoms with Gasteiger partial charge in [-0.05, 0) is 18.3 Å². The molecule has 0 aromatic carbocycles. The summed E-state index contributed by atoms with van der Waals surface area (Å²) in [4.78, 5) is 24.7. The van der Waals surface area contributed by atoms with Gasteiger partial charge in [-0.1, -0.05) is 111 Å². The number of allylic oxidation sites excluding steroid dienone is 1. The smallest absolute Gasteiger partial charge is 0.316 e. The Hall–Kier alpha value is -1.65. The van der Waals surface area contributed by atoms with E-state index in [1.165, 1.54) is 84.2 Å². The van der Waals surface area contributed by atoms with Gasteiger partial charge >= 0.3 is 5.97 Å². The number of Topliss-reactive ketones (excluding diaryl/α,β-unsaturated/α-hetero) is 1. The van der Waals surface area contributed by atoms with Crippen molar-refractivity contribution in [3.63, 3.8) is 0 Å². The predicted molar refractivity (Wildman–Crippen MR) is 136 cm³/mol. The van der Waals surface area contributed by atoms with E-state index in [-0.39, 0.29) is 29.2 Å². The first-order valence-electron chi connectivity index (χ1n) is 13.4. The summed E-state index contributed by atoms with van der Waals surface area (Å²) in [7, 11) is 1.28. The van der Waals surface area contributed by atoms with Gasteiger partial charge in [0.15, 0.2) is 5.78 Å². The molecule has 0 saturated carbocycles. The molecule has 0 heterocycles. The number of aliphatic hydroxyl groups is 1. The van der Waals surface area contributed by atoms with Crippen LogP contribution < -0.4 is 0 Å². The number of ether oxygens (including phenoxy) is 1. The molecule has 0 unspecified atom stereocenters. The number of hydrogen-bond acceptors (Lipinski definition) is 5. The summed E-state index contributed by atoms with van der Waals surface area (Å²) in [6.45, 7) is 5.81. The Morgan fingerprint density at radius 2 is 1.33 bits per heavy atom. The monoisotopic (exact) mass is 463 g/mol. The van der Waals surface area contributed by atoms with Crippen molar-refractivity contribution in [1.29, 1.82) is 5.41 Å². The zero-order valence-corrected chi connectivity index (χ0v) is 21.8. The lowest BCUT2D eigenvalue weighted by molar-refractivity contribution is -0.150. The van der Waals surface area contributed by atoms with Crippen LogP contribution in [0.25, 0.3) is 0 Å². The fourth-order valence-corrected chi connectivity index (χ4v) is 4.93. The molecule has 0 aromatic heterocycles. The first-order valence-corrected chi connectivity index (χ1v) is 13.4. The van der Waals surface area contributed by atoms with Crippen molar-refractivity contribution in [3.8, 4) is 0 Å². The van der Waals surface area contributed by atoms with Gasteiger partial charge in [-0.2, -0.15) is 0 Å². The second-order valence-electron chi connectivity index (χ2n) is 10.5. The van der Waals surface area contributed by atoms with Gasteiger partial charge in [-0.25, -0.2) is 0 Å². The summed E-state index contributed by atoms with van der Waals surface area (Å²) in [5, 5.41) is 19.0. The zero-order valence-electron chi connectivity index (χ0n) is 21.8. The van der Waals surface area contributed by atoms with Crippen molar-refractivity contribution >= 4 is 17.5 Å². The third-order valence-electron chi connectivity index (χ3n) is 6.98. The van der Waals surface area contributed by atoms with E-state index in [2.05, 4.69) is 6.92 Å². The quantitative estimate of drug-likeness (QED) is 0.123. The zero-order chi connectivity index (χ0) is 24.7. The van der Waals surface area contributed by atoms with E-state index in [1.54, 1.807) is 13.8 Å². The molecular formula is C28H49NO4. The van der Waals surface area contributed by atoms with Crippen LogP contribution >= 0.6 is 0 Å². The van der Waals surface area contributed by atoms with E-state index < -0.39 is 17.3 Å².